The molecule has 0 aromatic heterocycles. The molecule has 0 saturated carbocycles. The van der Waals surface area contributed by atoms with Crippen molar-refractivity contribution in [1.29, 1.82) is 0 Å². The molecule has 0 spiro atoms. The van der Waals surface area contributed by atoms with Crippen LogP contribution in [0.15, 0.2) is 36.6 Å². The van der Waals surface area contributed by atoms with Gasteiger partial charge in [-0.2, -0.15) is 0 Å². The highest BCUT2D eigenvalue weighted by molar-refractivity contribution is 5.77. The molecule has 4 nitrogen and oxygen atoms in total. The summed E-state index contributed by atoms with van der Waals surface area (Å²) in [5, 5.41) is 0. The van der Waals surface area contributed by atoms with Crippen LogP contribution in [-0.2, 0) is 9.53 Å². The van der Waals surface area contributed by atoms with Crippen molar-refractivity contribution in [1.82, 2.24) is 4.90 Å². The maximum atomic E-state index is 12.0. The third-order valence-corrected chi connectivity index (χ3v) is 2.69. The highest BCUT2D eigenvalue weighted by Crippen LogP contribution is 2.11. The molecule has 0 aliphatic carbocycles. The Hall–Kier alpha value is -1.55. The molecular weight excluding hydrogens is 228 g/mol. The van der Waals surface area contributed by atoms with Crippen LogP contribution in [0.4, 0.5) is 0 Å². The van der Waals surface area contributed by atoms with Crippen LogP contribution in [0.25, 0.3) is 0 Å². The first-order valence-electron chi connectivity index (χ1n) is 6.21. The molecule has 4 heteroatoms. The Kier molecular flexibility index (Phi) is 5.65. The van der Waals surface area contributed by atoms with Gasteiger partial charge in [0.2, 0.25) is 5.91 Å². The Morgan fingerprint density at radius 1 is 1.44 bits per heavy atom. The number of ether oxygens (including phenoxy) is 1. The van der Waals surface area contributed by atoms with Gasteiger partial charge in [0, 0.05) is 25.2 Å². The highest BCUT2D eigenvalue weighted by Gasteiger charge is 2.24. The Morgan fingerprint density at radius 2 is 2.06 bits per heavy atom. The van der Waals surface area contributed by atoms with E-state index in [0.717, 1.165) is 0 Å². The van der Waals surface area contributed by atoms with E-state index in [2.05, 4.69) is 6.58 Å². The predicted octanol–water partition coefficient (Wildman–Crippen LogP) is 1.60. The minimum absolute atomic E-state index is 0.104. The lowest BCUT2D eigenvalue weighted by Gasteiger charge is -2.35. The second-order valence-corrected chi connectivity index (χ2v) is 4.56. The molecule has 2 unspecified atom stereocenters. The molecule has 1 rings (SSSR count). The second kappa shape index (κ2) is 7.01. The number of carbonyl (C=O) groups excluding carboxylic acids is 1. The van der Waals surface area contributed by atoms with Crippen LogP contribution >= 0.6 is 0 Å². The third-order valence-electron chi connectivity index (χ3n) is 2.69. The minimum atomic E-state index is 0.104. The zero-order valence-corrected chi connectivity index (χ0v) is 11.1. The lowest BCUT2D eigenvalue weighted by Crippen LogP contribution is -2.48. The Morgan fingerprint density at radius 3 is 2.61 bits per heavy atom. The summed E-state index contributed by atoms with van der Waals surface area (Å²) in [5.41, 5.74) is 6.25. The van der Waals surface area contributed by atoms with E-state index in [9.17, 15) is 4.79 Å². The number of nitrogens with two attached hydrogens (primary N) is 1. The standard InChI is InChI=1S/C14H22N2O2/c1-4-6-13(15)7-5-8-14(17)16-9-11(2)18-12(3)10-16/h4-7,11-12H,1,8-10,15H2,2-3H3/b7-5-,13-6+. The van der Waals surface area contributed by atoms with Gasteiger partial charge < -0.3 is 15.4 Å². The van der Waals surface area contributed by atoms with E-state index in [4.69, 9.17) is 10.5 Å². The van der Waals surface area contributed by atoms with Crippen molar-refractivity contribution in [2.45, 2.75) is 32.5 Å². The fourth-order valence-corrected chi connectivity index (χ4v) is 2.00. The van der Waals surface area contributed by atoms with Gasteiger partial charge in [-0.1, -0.05) is 18.7 Å². The van der Waals surface area contributed by atoms with Gasteiger partial charge >= 0.3 is 0 Å². The molecule has 1 heterocycles. The van der Waals surface area contributed by atoms with Crippen molar-refractivity contribution in [3.05, 3.63) is 36.6 Å². The number of allylic oxidation sites excluding steroid dienone is 3. The van der Waals surface area contributed by atoms with Gasteiger partial charge in [-0.25, -0.2) is 0 Å². The molecule has 0 radical (unpaired) electrons. The fraction of sp³-hybridized carbons (Fsp3) is 0.500. The SMILES string of the molecule is C=C/C=C(N)\C=C/CC(=O)N1CC(C)OC(C)C1. The zero-order chi connectivity index (χ0) is 13.5. The Balaban J connectivity index is 2.45. The van der Waals surface area contributed by atoms with Crippen LogP contribution in [0, 0.1) is 0 Å². The van der Waals surface area contributed by atoms with Crippen LogP contribution in [0.5, 0.6) is 0 Å². The van der Waals surface area contributed by atoms with Crippen molar-refractivity contribution < 1.29 is 9.53 Å². The first kappa shape index (κ1) is 14.5. The average molecular weight is 250 g/mol. The number of hydrogen-bond acceptors (Lipinski definition) is 3. The quantitative estimate of drug-likeness (QED) is 0.771. The molecule has 1 aliphatic heterocycles. The first-order valence-corrected chi connectivity index (χ1v) is 6.21. The van der Waals surface area contributed by atoms with Gasteiger partial charge in [-0.3, -0.25) is 4.79 Å². The molecule has 0 aromatic rings. The molecule has 100 valence electrons. The van der Waals surface area contributed by atoms with Gasteiger partial charge in [0.1, 0.15) is 0 Å². The molecule has 1 fully saturated rings. The van der Waals surface area contributed by atoms with Crippen LogP contribution in [-0.4, -0.2) is 36.1 Å². The second-order valence-electron chi connectivity index (χ2n) is 4.56. The highest BCUT2D eigenvalue weighted by atomic mass is 16.5. The van der Waals surface area contributed by atoms with E-state index >= 15 is 0 Å². The number of carbonyl (C=O) groups is 1. The summed E-state index contributed by atoms with van der Waals surface area (Å²) in [6.45, 7) is 8.84. The van der Waals surface area contributed by atoms with Crippen LogP contribution in [0.3, 0.4) is 0 Å². The van der Waals surface area contributed by atoms with Gasteiger partial charge in [-0.05, 0) is 26.0 Å². The number of hydrogen-bond donors (Lipinski definition) is 1. The summed E-state index contributed by atoms with van der Waals surface area (Å²) < 4.78 is 5.59. The van der Waals surface area contributed by atoms with Crippen LogP contribution in [0.1, 0.15) is 20.3 Å². The van der Waals surface area contributed by atoms with E-state index in [0.29, 0.717) is 25.2 Å². The van der Waals surface area contributed by atoms with Crippen LogP contribution in [0.2, 0.25) is 0 Å². The molecule has 2 N–H and O–H groups in total. The largest absolute Gasteiger partial charge is 0.399 e. The monoisotopic (exact) mass is 250 g/mol. The van der Waals surface area contributed by atoms with Crippen molar-refractivity contribution in [2.24, 2.45) is 5.73 Å². The summed E-state index contributed by atoms with van der Waals surface area (Å²) in [4.78, 5) is 13.8. The minimum Gasteiger partial charge on any atom is -0.399 e. The summed E-state index contributed by atoms with van der Waals surface area (Å²) in [5.74, 6) is 0.111. The summed E-state index contributed by atoms with van der Waals surface area (Å²) >= 11 is 0. The predicted molar refractivity (Wildman–Crippen MR) is 72.8 cm³/mol. The van der Waals surface area contributed by atoms with Gasteiger partial charge in [0.25, 0.3) is 0 Å². The molecular formula is C14H22N2O2. The van der Waals surface area contributed by atoms with Crippen molar-refractivity contribution in [3.63, 3.8) is 0 Å². The van der Waals surface area contributed by atoms with E-state index in [1.807, 2.05) is 18.7 Å². The van der Waals surface area contributed by atoms with Crippen molar-refractivity contribution in [3.8, 4) is 0 Å². The van der Waals surface area contributed by atoms with Crippen molar-refractivity contribution >= 4 is 5.91 Å². The maximum Gasteiger partial charge on any atom is 0.226 e. The molecule has 2 atom stereocenters. The molecule has 1 amide bonds. The lowest BCUT2D eigenvalue weighted by atomic mass is 10.2. The molecule has 0 aromatic carbocycles. The van der Waals surface area contributed by atoms with Crippen molar-refractivity contribution in [2.75, 3.05) is 13.1 Å². The normalized spacial score (nSPS) is 25.4. The smallest absolute Gasteiger partial charge is 0.226 e. The third kappa shape index (κ3) is 4.75. The molecule has 18 heavy (non-hydrogen) atoms. The van der Waals surface area contributed by atoms with Gasteiger partial charge in [0.05, 0.1) is 12.2 Å². The summed E-state index contributed by atoms with van der Waals surface area (Å²) in [6.07, 6.45) is 7.40. The number of morpholine rings is 1. The topological polar surface area (TPSA) is 55.6 Å². The van der Waals surface area contributed by atoms with Gasteiger partial charge in [-0.15, -0.1) is 0 Å². The Bertz CT molecular complexity index is 351. The number of nitrogens with zero attached hydrogens (tertiary/aromatic N) is 1. The summed E-state index contributed by atoms with van der Waals surface area (Å²) in [7, 11) is 0. The molecule has 1 aliphatic rings. The van der Waals surface area contributed by atoms with E-state index in [1.54, 1.807) is 24.3 Å². The summed E-state index contributed by atoms with van der Waals surface area (Å²) in [6, 6.07) is 0. The van der Waals surface area contributed by atoms with E-state index in [-0.39, 0.29) is 18.1 Å². The average Bonchev–Trinajstić information content (AvgIpc) is 2.27. The van der Waals surface area contributed by atoms with E-state index in [1.165, 1.54) is 0 Å². The van der Waals surface area contributed by atoms with E-state index < -0.39 is 0 Å². The van der Waals surface area contributed by atoms with Crippen LogP contribution < -0.4 is 5.73 Å². The first-order chi connectivity index (χ1) is 8.52. The number of rotatable bonds is 4. The maximum absolute atomic E-state index is 12.0. The fourth-order valence-electron chi connectivity index (χ4n) is 2.00. The van der Waals surface area contributed by atoms with Gasteiger partial charge in [0.15, 0.2) is 0 Å². The molecule has 1 saturated heterocycles. The zero-order valence-electron chi connectivity index (χ0n) is 11.1. The molecule has 0 bridgehead atoms. The Labute approximate surface area is 109 Å². The lowest BCUT2D eigenvalue weighted by molar-refractivity contribution is -0.142. The number of amides is 1.